The molecule has 1 aromatic rings. The van der Waals surface area contributed by atoms with Gasteiger partial charge in [-0.05, 0) is 18.7 Å². The molecule has 0 bridgehead atoms. The largest absolute Gasteiger partial charge is 0.368 e. The second-order valence-corrected chi connectivity index (χ2v) is 4.40. The molecule has 1 aromatic heterocycles. The SMILES string of the molecule is CCN1CCN(c2ccc(C(=O)NC)nc2)CC1. The molecule has 0 aromatic carbocycles. The molecule has 0 unspecified atom stereocenters. The van der Waals surface area contributed by atoms with Gasteiger partial charge < -0.3 is 15.1 Å². The van der Waals surface area contributed by atoms with E-state index in [1.54, 1.807) is 19.3 Å². The van der Waals surface area contributed by atoms with Crippen LogP contribution in [0.25, 0.3) is 0 Å². The zero-order valence-electron chi connectivity index (χ0n) is 11.0. The highest BCUT2D eigenvalue weighted by atomic mass is 16.1. The number of aromatic nitrogens is 1. The minimum absolute atomic E-state index is 0.141. The minimum Gasteiger partial charge on any atom is -0.368 e. The molecule has 0 atom stereocenters. The Hall–Kier alpha value is -1.62. The molecular formula is C13H20N4O. The number of nitrogens with one attached hydrogen (secondary N) is 1. The minimum atomic E-state index is -0.141. The third-order valence-corrected chi connectivity index (χ3v) is 3.39. The van der Waals surface area contributed by atoms with E-state index < -0.39 is 0 Å². The Morgan fingerprint density at radius 3 is 2.56 bits per heavy atom. The molecule has 1 aliphatic rings. The summed E-state index contributed by atoms with van der Waals surface area (Å²) in [5.74, 6) is -0.141. The third-order valence-electron chi connectivity index (χ3n) is 3.39. The molecule has 1 saturated heterocycles. The Labute approximate surface area is 108 Å². The molecule has 0 radical (unpaired) electrons. The van der Waals surface area contributed by atoms with E-state index in [0.29, 0.717) is 5.69 Å². The molecular weight excluding hydrogens is 228 g/mol. The predicted molar refractivity (Wildman–Crippen MR) is 72.0 cm³/mol. The Balaban J connectivity index is 2.00. The number of carbonyl (C=O) groups excluding carboxylic acids is 1. The van der Waals surface area contributed by atoms with Crippen molar-refractivity contribution >= 4 is 11.6 Å². The van der Waals surface area contributed by atoms with E-state index in [-0.39, 0.29) is 5.91 Å². The van der Waals surface area contributed by atoms with Gasteiger partial charge in [0, 0.05) is 33.2 Å². The number of nitrogens with zero attached hydrogens (tertiary/aromatic N) is 3. The van der Waals surface area contributed by atoms with Crippen molar-refractivity contribution < 1.29 is 4.79 Å². The topological polar surface area (TPSA) is 48.5 Å². The zero-order chi connectivity index (χ0) is 13.0. The van der Waals surface area contributed by atoms with Gasteiger partial charge in [-0.3, -0.25) is 4.79 Å². The molecule has 1 amide bonds. The van der Waals surface area contributed by atoms with Crippen molar-refractivity contribution in [1.82, 2.24) is 15.2 Å². The molecule has 2 rings (SSSR count). The lowest BCUT2D eigenvalue weighted by Crippen LogP contribution is -2.46. The number of hydrogen-bond donors (Lipinski definition) is 1. The number of carbonyl (C=O) groups is 1. The zero-order valence-corrected chi connectivity index (χ0v) is 11.0. The van der Waals surface area contributed by atoms with Crippen LogP contribution in [0.5, 0.6) is 0 Å². The van der Waals surface area contributed by atoms with Crippen molar-refractivity contribution in [3.05, 3.63) is 24.0 Å². The lowest BCUT2D eigenvalue weighted by atomic mass is 10.2. The van der Waals surface area contributed by atoms with Crippen LogP contribution >= 0.6 is 0 Å². The highest BCUT2D eigenvalue weighted by Gasteiger charge is 2.16. The van der Waals surface area contributed by atoms with E-state index in [1.165, 1.54) is 0 Å². The van der Waals surface area contributed by atoms with Crippen LogP contribution in [0.4, 0.5) is 5.69 Å². The smallest absolute Gasteiger partial charge is 0.269 e. The number of rotatable bonds is 3. The van der Waals surface area contributed by atoms with Crippen LogP contribution in [-0.2, 0) is 0 Å². The second kappa shape index (κ2) is 5.82. The lowest BCUT2D eigenvalue weighted by Gasteiger charge is -2.35. The van der Waals surface area contributed by atoms with E-state index in [1.807, 2.05) is 6.07 Å². The monoisotopic (exact) mass is 248 g/mol. The van der Waals surface area contributed by atoms with Gasteiger partial charge in [-0.15, -0.1) is 0 Å². The number of piperazine rings is 1. The maximum absolute atomic E-state index is 11.4. The molecule has 0 saturated carbocycles. The summed E-state index contributed by atoms with van der Waals surface area (Å²) in [6.45, 7) is 7.53. The van der Waals surface area contributed by atoms with Crippen molar-refractivity contribution in [1.29, 1.82) is 0 Å². The standard InChI is InChI=1S/C13H20N4O/c1-3-16-6-8-17(9-7-16)11-4-5-12(15-10-11)13(18)14-2/h4-5,10H,3,6-9H2,1-2H3,(H,14,18). The number of amides is 1. The van der Waals surface area contributed by atoms with E-state index >= 15 is 0 Å². The molecule has 1 fully saturated rings. The van der Waals surface area contributed by atoms with Gasteiger partial charge in [-0.25, -0.2) is 4.98 Å². The average Bonchev–Trinajstić information content (AvgIpc) is 2.47. The summed E-state index contributed by atoms with van der Waals surface area (Å²) < 4.78 is 0. The first kappa shape index (κ1) is 12.8. The quantitative estimate of drug-likeness (QED) is 0.850. The van der Waals surface area contributed by atoms with Gasteiger partial charge in [0.25, 0.3) is 5.91 Å². The lowest BCUT2D eigenvalue weighted by molar-refractivity contribution is 0.0958. The van der Waals surface area contributed by atoms with Gasteiger partial charge in [-0.2, -0.15) is 0 Å². The van der Waals surface area contributed by atoms with Gasteiger partial charge >= 0.3 is 0 Å². The van der Waals surface area contributed by atoms with Crippen LogP contribution < -0.4 is 10.2 Å². The van der Waals surface area contributed by atoms with Gasteiger partial charge in [0.1, 0.15) is 5.69 Å². The summed E-state index contributed by atoms with van der Waals surface area (Å²) in [5, 5.41) is 2.57. The number of anilines is 1. The van der Waals surface area contributed by atoms with Gasteiger partial charge in [0.2, 0.25) is 0 Å². The van der Waals surface area contributed by atoms with Gasteiger partial charge in [0.05, 0.1) is 11.9 Å². The molecule has 0 spiro atoms. The Bertz CT molecular complexity index is 396. The molecule has 1 N–H and O–H groups in total. The van der Waals surface area contributed by atoms with Gasteiger partial charge in [-0.1, -0.05) is 6.92 Å². The molecule has 18 heavy (non-hydrogen) atoms. The summed E-state index contributed by atoms with van der Waals surface area (Å²) in [6, 6.07) is 3.75. The van der Waals surface area contributed by atoms with E-state index in [9.17, 15) is 4.79 Å². The van der Waals surface area contributed by atoms with Crippen molar-refractivity contribution in [2.75, 3.05) is 44.7 Å². The summed E-state index contributed by atoms with van der Waals surface area (Å²) in [7, 11) is 1.61. The third kappa shape index (κ3) is 2.79. The predicted octanol–water partition coefficient (Wildman–Crippen LogP) is 0.583. The molecule has 1 aliphatic heterocycles. The summed E-state index contributed by atoms with van der Waals surface area (Å²) >= 11 is 0. The average molecular weight is 248 g/mol. The summed E-state index contributed by atoms with van der Waals surface area (Å²) in [6.07, 6.45) is 1.78. The fourth-order valence-electron chi connectivity index (χ4n) is 2.16. The van der Waals surface area contributed by atoms with Crippen molar-refractivity contribution in [3.63, 3.8) is 0 Å². The fraction of sp³-hybridized carbons (Fsp3) is 0.538. The number of likely N-dealkylation sites (N-methyl/N-ethyl adjacent to an activating group) is 1. The van der Waals surface area contributed by atoms with Crippen LogP contribution in [0.15, 0.2) is 18.3 Å². The van der Waals surface area contributed by atoms with Crippen LogP contribution in [0, 0.1) is 0 Å². The van der Waals surface area contributed by atoms with Crippen LogP contribution in [-0.4, -0.2) is 55.6 Å². The van der Waals surface area contributed by atoms with E-state index in [4.69, 9.17) is 0 Å². The Kier molecular flexibility index (Phi) is 4.15. The molecule has 2 heterocycles. The second-order valence-electron chi connectivity index (χ2n) is 4.40. The first-order valence-corrected chi connectivity index (χ1v) is 6.40. The first-order valence-electron chi connectivity index (χ1n) is 6.40. The molecule has 0 aliphatic carbocycles. The normalized spacial score (nSPS) is 16.7. The van der Waals surface area contributed by atoms with Crippen LogP contribution in [0.3, 0.4) is 0 Å². The number of hydrogen-bond acceptors (Lipinski definition) is 4. The fourth-order valence-corrected chi connectivity index (χ4v) is 2.16. The van der Waals surface area contributed by atoms with Crippen LogP contribution in [0.2, 0.25) is 0 Å². The molecule has 98 valence electrons. The van der Waals surface area contributed by atoms with Crippen molar-refractivity contribution in [2.24, 2.45) is 0 Å². The number of pyridine rings is 1. The van der Waals surface area contributed by atoms with Crippen molar-refractivity contribution in [3.8, 4) is 0 Å². The molecule has 5 nitrogen and oxygen atoms in total. The molecule has 5 heteroatoms. The maximum atomic E-state index is 11.4. The summed E-state index contributed by atoms with van der Waals surface area (Å²) in [4.78, 5) is 20.3. The van der Waals surface area contributed by atoms with Crippen LogP contribution in [0.1, 0.15) is 17.4 Å². The van der Waals surface area contributed by atoms with Gasteiger partial charge in [0.15, 0.2) is 0 Å². The Morgan fingerprint density at radius 1 is 1.33 bits per heavy atom. The Morgan fingerprint density at radius 2 is 2.06 bits per heavy atom. The maximum Gasteiger partial charge on any atom is 0.269 e. The van der Waals surface area contributed by atoms with E-state index in [2.05, 4.69) is 27.0 Å². The highest BCUT2D eigenvalue weighted by molar-refractivity contribution is 5.92. The summed E-state index contributed by atoms with van der Waals surface area (Å²) in [5.41, 5.74) is 1.56. The van der Waals surface area contributed by atoms with Crippen molar-refractivity contribution in [2.45, 2.75) is 6.92 Å². The first-order chi connectivity index (χ1) is 8.74. The highest BCUT2D eigenvalue weighted by Crippen LogP contribution is 2.15. The van der Waals surface area contributed by atoms with E-state index in [0.717, 1.165) is 38.4 Å².